The minimum Gasteiger partial charge on any atom is -0.475 e. The number of aromatic nitrogens is 1. The van der Waals surface area contributed by atoms with Crippen LogP contribution in [-0.4, -0.2) is 23.6 Å². The van der Waals surface area contributed by atoms with Gasteiger partial charge in [0.05, 0.1) is 11.1 Å². The van der Waals surface area contributed by atoms with Crippen molar-refractivity contribution >= 4 is 20.7 Å². The molecule has 0 aromatic carbocycles. The van der Waals surface area contributed by atoms with E-state index < -0.39 is 9.06 Å². The van der Waals surface area contributed by atoms with E-state index in [-0.39, 0.29) is 6.10 Å². The van der Waals surface area contributed by atoms with Crippen molar-refractivity contribution in [2.24, 2.45) is 0 Å². The minimum atomic E-state index is -1.06. The normalized spacial score (nSPS) is 13.0. The summed E-state index contributed by atoms with van der Waals surface area (Å²) in [6.07, 6.45) is 4.35. The fraction of sp³-hybridized carbons (Fsp3) is 0.500. The maximum absolute atomic E-state index is 5.52. The number of thiol groups is 1. The van der Waals surface area contributed by atoms with Crippen molar-refractivity contribution in [1.82, 2.24) is 4.98 Å². The second-order valence-electron chi connectivity index (χ2n) is 3.75. The number of rotatable bonds is 3. The third-order valence-corrected chi connectivity index (χ3v) is 3.38. The quantitative estimate of drug-likeness (QED) is 0.638. The van der Waals surface area contributed by atoms with Crippen molar-refractivity contribution in [3.63, 3.8) is 0 Å². The first-order valence-electron chi connectivity index (χ1n) is 4.49. The second-order valence-corrected chi connectivity index (χ2v) is 9.46. The Morgan fingerprint density at radius 1 is 1.36 bits per heavy atom. The fourth-order valence-corrected chi connectivity index (χ4v) is 2.01. The van der Waals surface area contributed by atoms with E-state index in [1.807, 2.05) is 32.0 Å². The highest BCUT2D eigenvalue weighted by Gasteiger charge is 2.11. The first-order chi connectivity index (χ1) is 6.39. The summed E-state index contributed by atoms with van der Waals surface area (Å²) >= 11 is 4.55. The lowest BCUT2D eigenvalue weighted by Gasteiger charge is -2.23. The molecule has 0 N–H and O–H groups in total. The number of ether oxygens (including phenoxy) is 1. The van der Waals surface area contributed by atoms with Gasteiger partial charge in [0, 0.05) is 6.07 Å². The lowest BCUT2D eigenvalue weighted by molar-refractivity contribution is 0.231. The highest BCUT2D eigenvalue weighted by Crippen LogP contribution is 2.52. The Hall–Kier alpha value is -0.350. The van der Waals surface area contributed by atoms with E-state index in [0.29, 0.717) is 5.88 Å². The summed E-state index contributed by atoms with van der Waals surface area (Å²) in [5.74, 6) is 0.687. The van der Waals surface area contributed by atoms with E-state index in [4.69, 9.17) is 4.74 Å². The van der Waals surface area contributed by atoms with Crippen LogP contribution in [0, 0.1) is 0 Å². The lowest BCUT2D eigenvalue weighted by atomic mass is 10.4. The van der Waals surface area contributed by atoms with Crippen LogP contribution in [0.1, 0.15) is 13.8 Å². The van der Waals surface area contributed by atoms with Crippen molar-refractivity contribution < 1.29 is 4.74 Å². The molecule has 1 aromatic heterocycles. The van der Waals surface area contributed by atoms with Crippen LogP contribution in [0.2, 0.25) is 0 Å². The van der Waals surface area contributed by atoms with Crippen molar-refractivity contribution in [3.05, 3.63) is 18.2 Å². The fourth-order valence-electron chi connectivity index (χ4n) is 0.981. The highest BCUT2D eigenvalue weighted by molar-refractivity contribution is 8.87. The monoisotopic (exact) mass is 231 g/mol. The molecule has 0 unspecified atom stereocenters. The van der Waals surface area contributed by atoms with Crippen LogP contribution in [0.25, 0.3) is 0 Å². The molecule has 4 heteroatoms. The number of hydrogen-bond donors (Lipinski definition) is 1. The molecule has 0 fully saturated rings. The van der Waals surface area contributed by atoms with Gasteiger partial charge >= 0.3 is 0 Å². The first-order valence-corrected chi connectivity index (χ1v) is 7.99. The summed E-state index contributed by atoms with van der Waals surface area (Å²) in [4.78, 5) is 4.42. The predicted molar refractivity (Wildman–Crippen MR) is 66.7 cm³/mol. The third-order valence-electron chi connectivity index (χ3n) is 1.57. The van der Waals surface area contributed by atoms with Gasteiger partial charge < -0.3 is 4.74 Å². The molecule has 0 saturated carbocycles. The Balaban J connectivity index is 2.90. The van der Waals surface area contributed by atoms with Gasteiger partial charge in [0.2, 0.25) is 5.88 Å². The van der Waals surface area contributed by atoms with Gasteiger partial charge in [0.1, 0.15) is 0 Å². The summed E-state index contributed by atoms with van der Waals surface area (Å²) in [6, 6.07) is 5.84. The van der Waals surface area contributed by atoms with Gasteiger partial charge in [0.25, 0.3) is 0 Å². The first kappa shape index (κ1) is 11.7. The summed E-state index contributed by atoms with van der Waals surface area (Å²) in [6.45, 7) is 3.99. The molecular formula is C10H17NOS2. The largest absolute Gasteiger partial charge is 0.475 e. The number of nitrogens with zero attached hydrogens (tertiary/aromatic N) is 1. The Labute approximate surface area is 92.2 Å². The molecule has 1 aromatic rings. The van der Waals surface area contributed by atoms with Crippen LogP contribution in [0.15, 0.2) is 23.2 Å². The van der Waals surface area contributed by atoms with Gasteiger partial charge in [-0.3, -0.25) is 0 Å². The van der Waals surface area contributed by atoms with E-state index in [1.165, 1.54) is 0 Å². The molecular weight excluding hydrogens is 214 g/mol. The Kier molecular flexibility index (Phi) is 3.72. The Morgan fingerprint density at radius 3 is 2.50 bits per heavy atom. The number of hydrogen-bond acceptors (Lipinski definition) is 3. The van der Waals surface area contributed by atoms with E-state index >= 15 is 0 Å². The zero-order valence-corrected chi connectivity index (χ0v) is 10.7. The van der Waals surface area contributed by atoms with Crippen LogP contribution in [0.5, 0.6) is 5.88 Å². The van der Waals surface area contributed by atoms with Gasteiger partial charge in [-0.25, -0.2) is 4.98 Å². The van der Waals surface area contributed by atoms with Crippen molar-refractivity contribution in [2.75, 3.05) is 12.5 Å². The summed E-state index contributed by atoms with van der Waals surface area (Å²) in [7, 11) is -1.06. The van der Waals surface area contributed by atoms with Crippen molar-refractivity contribution in [2.45, 2.75) is 25.0 Å². The van der Waals surface area contributed by atoms with Crippen LogP contribution in [-0.2, 0) is 0 Å². The molecule has 0 aliphatic rings. The minimum absolute atomic E-state index is 0.163. The van der Waals surface area contributed by atoms with E-state index in [1.54, 1.807) is 0 Å². The molecule has 0 aliphatic carbocycles. The maximum atomic E-state index is 5.52. The van der Waals surface area contributed by atoms with Gasteiger partial charge in [-0.15, -0.1) is 11.7 Å². The zero-order chi connectivity index (χ0) is 10.8. The van der Waals surface area contributed by atoms with E-state index in [2.05, 4.69) is 29.2 Å². The molecule has 0 spiro atoms. The second kappa shape index (κ2) is 4.45. The van der Waals surface area contributed by atoms with Gasteiger partial charge in [-0.1, -0.05) is 6.07 Å². The Bertz CT molecular complexity index is 307. The summed E-state index contributed by atoms with van der Waals surface area (Å²) < 4.78 is 5.52. The summed E-state index contributed by atoms with van der Waals surface area (Å²) in [5, 5.41) is 1.01. The smallest absolute Gasteiger partial charge is 0.214 e. The molecule has 0 radical (unpaired) electrons. The van der Waals surface area contributed by atoms with Gasteiger partial charge in [-0.05, 0) is 32.4 Å². The number of pyridine rings is 1. The predicted octanol–water partition coefficient (Wildman–Crippen LogP) is 3.14. The molecule has 1 heterocycles. The molecule has 0 aliphatic heterocycles. The molecule has 0 saturated heterocycles. The zero-order valence-electron chi connectivity index (χ0n) is 9.02. The van der Waals surface area contributed by atoms with E-state index in [0.717, 1.165) is 5.03 Å². The highest BCUT2D eigenvalue weighted by atomic mass is 33.1. The molecule has 0 atom stereocenters. The van der Waals surface area contributed by atoms with Gasteiger partial charge in [-0.2, -0.15) is 9.06 Å². The molecule has 0 amide bonds. The molecule has 0 bridgehead atoms. The average molecular weight is 231 g/mol. The molecule has 14 heavy (non-hydrogen) atoms. The molecule has 2 nitrogen and oxygen atoms in total. The SMILES string of the molecule is CC(C)Oc1cccc(S(C)(C)S)n1. The maximum Gasteiger partial charge on any atom is 0.214 e. The van der Waals surface area contributed by atoms with Gasteiger partial charge in [0.15, 0.2) is 0 Å². The molecule has 80 valence electrons. The van der Waals surface area contributed by atoms with Crippen LogP contribution in [0.4, 0.5) is 0 Å². The topological polar surface area (TPSA) is 22.1 Å². The average Bonchev–Trinajstić information content (AvgIpc) is 2.01. The van der Waals surface area contributed by atoms with Crippen LogP contribution in [0.3, 0.4) is 0 Å². The lowest BCUT2D eigenvalue weighted by Crippen LogP contribution is -2.07. The summed E-state index contributed by atoms with van der Waals surface area (Å²) in [5.41, 5.74) is 0. The van der Waals surface area contributed by atoms with Crippen LogP contribution < -0.4 is 4.74 Å². The van der Waals surface area contributed by atoms with Crippen molar-refractivity contribution in [3.8, 4) is 5.88 Å². The van der Waals surface area contributed by atoms with Crippen LogP contribution >= 0.6 is 20.7 Å². The van der Waals surface area contributed by atoms with Crippen molar-refractivity contribution in [1.29, 1.82) is 0 Å². The Morgan fingerprint density at radius 2 is 2.00 bits per heavy atom. The standard InChI is InChI=1S/C10H17NOS2/c1-8(2)12-9-6-5-7-10(11-9)14(3,4)13/h5-8,13H,1-4H3. The van der Waals surface area contributed by atoms with E-state index in [9.17, 15) is 0 Å². The third kappa shape index (κ3) is 3.42. The molecule has 1 rings (SSSR count).